The summed E-state index contributed by atoms with van der Waals surface area (Å²) in [5, 5.41) is 0. The molecule has 1 amide bonds. The molecule has 0 radical (unpaired) electrons. The maximum atomic E-state index is 12.3. The molecule has 0 atom stereocenters. The zero-order chi connectivity index (χ0) is 14.8. The summed E-state index contributed by atoms with van der Waals surface area (Å²) < 4.78 is 26.8. The summed E-state index contributed by atoms with van der Waals surface area (Å²) in [5.41, 5.74) is 1.66. The van der Waals surface area contributed by atoms with E-state index >= 15 is 0 Å². The SMILES string of the molecule is Cc1ccc(S(=O)(=O)NC(=O)C2CCCCC2)c(C)c1. The lowest BCUT2D eigenvalue weighted by atomic mass is 9.89. The Balaban J connectivity index is 2.16. The molecule has 1 aliphatic carbocycles. The van der Waals surface area contributed by atoms with E-state index in [4.69, 9.17) is 0 Å². The number of hydrogen-bond acceptors (Lipinski definition) is 3. The standard InChI is InChI=1S/C15H21NO3S/c1-11-8-9-14(12(2)10-11)20(18,19)16-15(17)13-6-4-3-5-7-13/h8-10,13H,3-7H2,1-2H3,(H,16,17). The summed E-state index contributed by atoms with van der Waals surface area (Å²) in [5.74, 6) is -0.519. The summed E-state index contributed by atoms with van der Waals surface area (Å²) in [6, 6.07) is 5.10. The largest absolute Gasteiger partial charge is 0.274 e. The molecule has 20 heavy (non-hydrogen) atoms. The van der Waals surface area contributed by atoms with Gasteiger partial charge in [-0.3, -0.25) is 4.79 Å². The third kappa shape index (κ3) is 3.39. The predicted octanol–water partition coefficient (Wildman–Crippen LogP) is 2.69. The summed E-state index contributed by atoms with van der Waals surface area (Å²) >= 11 is 0. The first kappa shape index (κ1) is 15.0. The van der Waals surface area contributed by atoms with E-state index in [1.165, 1.54) is 0 Å². The van der Waals surface area contributed by atoms with Crippen LogP contribution in [0, 0.1) is 19.8 Å². The normalized spacial score (nSPS) is 16.9. The van der Waals surface area contributed by atoms with Gasteiger partial charge in [-0.05, 0) is 38.3 Å². The highest BCUT2D eigenvalue weighted by molar-refractivity contribution is 7.90. The second kappa shape index (κ2) is 5.95. The van der Waals surface area contributed by atoms with Crippen molar-refractivity contribution in [3.63, 3.8) is 0 Å². The van der Waals surface area contributed by atoms with Crippen molar-refractivity contribution in [3.05, 3.63) is 29.3 Å². The second-order valence-electron chi connectivity index (χ2n) is 5.57. The molecule has 1 aromatic carbocycles. The van der Waals surface area contributed by atoms with Crippen LogP contribution in [0.3, 0.4) is 0 Å². The fraction of sp³-hybridized carbons (Fsp3) is 0.533. The lowest BCUT2D eigenvalue weighted by molar-refractivity contribution is -0.124. The van der Waals surface area contributed by atoms with E-state index in [1.807, 2.05) is 6.92 Å². The van der Waals surface area contributed by atoms with Gasteiger partial charge in [-0.25, -0.2) is 13.1 Å². The van der Waals surface area contributed by atoms with E-state index in [-0.39, 0.29) is 16.7 Å². The monoisotopic (exact) mass is 295 g/mol. The molecule has 0 aromatic heterocycles. The zero-order valence-electron chi connectivity index (χ0n) is 12.0. The Morgan fingerprint density at radius 2 is 1.80 bits per heavy atom. The number of nitrogens with one attached hydrogen (secondary N) is 1. The van der Waals surface area contributed by atoms with Crippen molar-refractivity contribution in [2.75, 3.05) is 0 Å². The Kier molecular flexibility index (Phi) is 4.48. The average molecular weight is 295 g/mol. The third-order valence-corrected chi connectivity index (χ3v) is 5.34. The number of aryl methyl sites for hydroxylation is 2. The van der Waals surface area contributed by atoms with Gasteiger partial charge in [-0.1, -0.05) is 37.0 Å². The Morgan fingerprint density at radius 3 is 2.40 bits per heavy atom. The Labute approximate surface area is 120 Å². The smallest absolute Gasteiger partial charge is 0.264 e. The quantitative estimate of drug-likeness (QED) is 0.932. The number of hydrogen-bond donors (Lipinski definition) is 1. The van der Waals surface area contributed by atoms with Gasteiger partial charge in [0, 0.05) is 5.92 Å². The molecule has 0 bridgehead atoms. The summed E-state index contributed by atoms with van der Waals surface area (Å²) in [6.45, 7) is 3.65. The van der Waals surface area contributed by atoms with Gasteiger partial charge in [-0.2, -0.15) is 0 Å². The van der Waals surface area contributed by atoms with Crippen LogP contribution in [0.2, 0.25) is 0 Å². The van der Waals surface area contributed by atoms with Gasteiger partial charge < -0.3 is 0 Å². The van der Waals surface area contributed by atoms with Gasteiger partial charge in [-0.15, -0.1) is 0 Å². The van der Waals surface area contributed by atoms with Crippen LogP contribution in [0.15, 0.2) is 23.1 Å². The van der Waals surface area contributed by atoms with Crippen LogP contribution in [0.1, 0.15) is 43.2 Å². The van der Waals surface area contributed by atoms with Crippen LogP contribution < -0.4 is 4.72 Å². The average Bonchev–Trinajstić information content (AvgIpc) is 2.38. The summed E-state index contributed by atoms with van der Waals surface area (Å²) in [6.07, 6.45) is 4.71. The van der Waals surface area contributed by atoms with Gasteiger partial charge in [0.15, 0.2) is 0 Å². The Morgan fingerprint density at radius 1 is 1.15 bits per heavy atom. The van der Waals surface area contributed by atoms with Crippen molar-refractivity contribution in [2.24, 2.45) is 5.92 Å². The highest BCUT2D eigenvalue weighted by Gasteiger charge is 2.26. The fourth-order valence-corrected chi connectivity index (χ4v) is 4.01. The van der Waals surface area contributed by atoms with Gasteiger partial charge in [0.2, 0.25) is 5.91 Å². The number of rotatable bonds is 3. The molecule has 1 N–H and O–H groups in total. The van der Waals surface area contributed by atoms with E-state index < -0.39 is 10.0 Å². The van der Waals surface area contributed by atoms with E-state index in [2.05, 4.69) is 4.72 Å². The van der Waals surface area contributed by atoms with E-state index in [0.717, 1.165) is 37.7 Å². The molecule has 2 rings (SSSR count). The lowest BCUT2D eigenvalue weighted by Gasteiger charge is -2.20. The van der Waals surface area contributed by atoms with Gasteiger partial charge in [0.25, 0.3) is 10.0 Å². The first-order valence-electron chi connectivity index (χ1n) is 7.04. The highest BCUT2D eigenvalue weighted by atomic mass is 32.2. The molecule has 0 unspecified atom stereocenters. The maximum absolute atomic E-state index is 12.3. The summed E-state index contributed by atoms with van der Waals surface area (Å²) in [4.78, 5) is 12.3. The second-order valence-corrected chi connectivity index (χ2v) is 7.22. The first-order valence-corrected chi connectivity index (χ1v) is 8.52. The van der Waals surface area contributed by atoms with Gasteiger partial charge in [0.1, 0.15) is 0 Å². The maximum Gasteiger partial charge on any atom is 0.264 e. The number of carbonyl (C=O) groups is 1. The summed E-state index contributed by atoms with van der Waals surface area (Å²) in [7, 11) is -3.76. The molecule has 0 aliphatic heterocycles. The molecule has 0 saturated heterocycles. The van der Waals surface area contributed by atoms with Crippen LogP contribution in [0.25, 0.3) is 0 Å². The number of carbonyl (C=O) groups excluding carboxylic acids is 1. The molecular formula is C15H21NO3S. The van der Waals surface area contributed by atoms with Crippen LogP contribution in [0.4, 0.5) is 0 Å². The van der Waals surface area contributed by atoms with Crippen LogP contribution in [-0.4, -0.2) is 14.3 Å². The minimum absolute atomic E-state index is 0.163. The predicted molar refractivity (Wildman–Crippen MR) is 77.8 cm³/mol. The third-order valence-electron chi connectivity index (χ3n) is 3.83. The first-order chi connectivity index (χ1) is 9.40. The minimum Gasteiger partial charge on any atom is -0.274 e. The molecule has 1 aromatic rings. The van der Waals surface area contributed by atoms with Crippen LogP contribution in [0.5, 0.6) is 0 Å². The molecule has 1 aliphatic rings. The van der Waals surface area contributed by atoms with Gasteiger partial charge in [0.05, 0.1) is 4.90 Å². The van der Waals surface area contributed by atoms with Crippen LogP contribution >= 0.6 is 0 Å². The Hall–Kier alpha value is -1.36. The van der Waals surface area contributed by atoms with E-state index in [9.17, 15) is 13.2 Å². The molecule has 1 saturated carbocycles. The van der Waals surface area contributed by atoms with Crippen molar-refractivity contribution in [1.29, 1.82) is 0 Å². The fourth-order valence-electron chi connectivity index (χ4n) is 2.74. The topological polar surface area (TPSA) is 63.2 Å². The van der Waals surface area contributed by atoms with Gasteiger partial charge >= 0.3 is 0 Å². The minimum atomic E-state index is -3.76. The molecule has 5 heteroatoms. The molecule has 0 heterocycles. The van der Waals surface area contributed by atoms with Crippen LogP contribution in [-0.2, 0) is 14.8 Å². The van der Waals surface area contributed by atoms with Crippen molar-refractivity contribution in [1.82, 2.24) is 4.72 Å². The van der Waals surface area contributed by atoms with E-state index in [1.54, 1.807) is 25.1 Å². The molecule has 110 valence electrons. The van der Waals surface area contributed by atoms with Crippen molar-refractivity contribution in [3.8, 4) is 0 Å². The van der Waals surface area contributed by atoms with E-state index in [0.29, 0.717) is 5.56 Å². The van der Waals surface area contributed by atoms with Crippen molar-refractivity contribution >= 4 is 15.9 Å². The van der Waals surface area contributed by atoms with Crippen molar-refractivity contribution < 1.29 is 13.2 Å². The molecule has 1 fully saturated rings. The number of amides is 1. The molecule has 0 spiro atoms. The number of sulfonamides is 1. The molecule has 4 nitrogen and oxygen atoms in total. The Bertz CT molecular complexity index is 602. The highest BCUT2D eigenvalue weighted by Crippen LogP contribution is 2.24. The lowest BCUT2D eigenvalue weighted by Crippen LogP contribution is -2.36. The molecular weight excluding hydrogens is 274 g/mol. The van der Waals surface area contributed by atoms with Crippen molar-refractivity contribution in [2.45, 2.75) is 50.8 Å². The zero-order valence-corrected chi connectivity index (χ0v) is 12.8. The number of benzene rings is 1.